The molecule has 1 fully saturated rings. The van der Waals surface area contributed by atoms with Crippen molar-refractivity contribution in [2.45, 2.75) is 32.4 Å². The molecule has 0 spiro atoms. The van der Waals surface area contributed by atoms with Gasteiger partial charge in [0.25, 0.3) is 0 Å². The Morgan fingerprint density at radius 1 is 1.33 bits per heavy atom. The lowest BCUT2D eigenvalue weighted by Gasteiger charge is -2.32. The lowest BCUT2D eigenvalue weighted by Crippen LogP contribution is -2.37. The molecule has 0 aromatic carbocycles. The van der Waals surface area contributed by atoms with Crippen molar-refractivity contribution >= 4 is 5.82 Å². The summed E-state index contributed by atoms with van der Waals surface area (Å²) >= 11 is 0. The van der Waals surface area contributed by atoms with Crippen LogP contribution in [0.15, 0.2) is 18.3 Å². The monoisotopic (exact) mass is 293 g/mol. The van der Waals surface area contributed by atoms with Crippen molar-refractivity contribution in [3.05, 3.63) is 23.9 Å². The molecule has 1 N–H and O–H groups in total. The van der Waals surface area contributed by atoms with Crippen LogP contribution in [0.4, 0.5) is 5.82 Å². The van der Waals surface area contributed by atoms with Crippen molar-refractivity contribution in [2.24, 2.45) is 0 Å². The van der Waals surface area contributed by atoms with E-state index < -0.39 is 0 Å². The molecule has 1 aliphatic rings. The van der Waals surface area contributed by atoms with Crippen molar-refractivity contribution < 1.29 is 9.47 Å². The molecule has 0 aliphatic carbocycles. The maximum absolute atomic E-state index is 5.68. The van der Waals surface area contributed by atoms with E-state index in [1.165, 1.54) is 5.56 Å². The number of nitrogens with one attached hydrogen (secondary N) is 1. The maximum atomic E-state index is 5.68. The molecular formula is C16H27N3O2. The molecule has 1 aliphatic heterocycles. The predicted molar refractivity (Wildman–Crippen MR) is 84.7 cm³/mol. The normalized spacial score (nSPS) is 16.4. The Bertz CT molecular complexity index is 389. The predicted octanol–water partition coefficient (Wildman–Crippen LogP) is 1.82. The molecule has 1 saturated heterocycles. The topological polar surface area (TPSA) is 46.6 Å². The highest BCUT2D eigenvalue weighted by molar-refractivity contribution is 5.39. The largest absolute Gasteiger partial charge is 0.383 e. The SMILES string of the molecule is CCOC1CCN(c2ccc(CNCCOC)cn2)CC1. The van der Waals surface area contributed by atoms with Crippen LogP contribution >= 0.6 is 0 Å². The summed E-state index contributed by atoms with van der Waals surface area (Å²) in [6.07, 6.45) is 4.57. The van der Waals surface area contributed by atoms with Gasteiger partial charge in [-0.3, -0.25) is 0 Å². The molecule has 118 valence electrons. The quantitative estimate of drug-likeness (QED) is 0.741. The van der Waals surface area contributed by atoms with Crippen LogP contribution in [0.2, 0.25) is 0 Å². The maximum Gasteiger partial charge on any atom is 0.128 e. The van der Waals surface area contributed by atoms with Crippen molar-refractivity contribution in [3.63, 3.8) is 0 Å². The van der Waals surface area contributed by atoms with Gasteiger partial charge in [0.2, 0.25) is 0 Å². The first kappa shape index (κ1) is 16.2. The van der Waals surface area contributed by atoms with Crippen LogP contribution in [0.3, 0.4) is 0 Å². The van der Waals surface area contributed by atoms with Crippen molar-refractivity contribution in [3.8, 4) is 0 Å². The lowest BCUT2D eigenvalue weighted by atomic mass is 10.1. The Morgan fingerprint density at radius 2 is 2.14 bits per heavy atom. The first-order chi connectivity index (χ1) is 10.3. The third-order valence-corrected chi connectivity index (χ3v) is 3.79. The molecule has 2 rings (SSSR count). The molecule has 0 atom stereocenters. The Balaban J connectivity index is 1.77. The zero-order valence-electron chi connectivity index (χ0n) is 13.2. The van der Waals surface area contributed by atoms with Crippen LogP contribution in [-0.2, 0) is 16.0 Å². The van der Waals surface area contributed by atoms with E-state index in [-0.39, 0.29) is 0 Å². The Hall–Kier alpha value is -1.17. The van der Waals surface area contributed by atoms with Gasteiger partial charge in [0.05, 0.1) is 12.7 Å². The van der Waals surface area contributed by atoms with Gasteiger partial charge in [-0.15, -0.1) is 0 Å². The number of anilines is 1. The van der Waals surface area contributed by atoms with E-state index in [1.54, 1.807) is 7.11 Å². The second kappa shape index (κ2) is 8.97. The molecule has 0 bridgehead atoms. The number of aromatic nitrogens is 1. The van der Waals surface area contributed by atoms with E-state index in [2.05, 4.69) is 34.3 Å². The van der Waals surface area contributed by atoms with E-state index in [9.17, 15) is 0 Å². The van der Waals surface area contributed by atoms with Gasteiger partial charge in [-0.1, -0.05) is 6.07 Å². The Morgan fingerprint density at radius 3 is 2.76 bits per heavy atom. The molecule has 21 heavy (non-hydrogen) atoms. The summed E-state index contributed by atoms with van der Waals surface area (Å²) in [7, 11) is 1.72. The van der Waals surface area contributed by atoms with Gasteiger partial charge in [-0.2, -0.15) is 0 Å². The third kappa shape index (κ3) is 5.26. The number of rotatable bonds is 8. The first-order valence-electron chi connectivity index (χ1n) is 7.84. The molecule has 0 unspecified atom stereocenters. The van der Waals surface area contributed by atoms with Gasteiger partial charge in [-0.05, 0) is 31.4 Å². The number of methoxy groups -OCH3 is 1. The first-order valence-corrected chi connectivity index (χ1v) is 7.84. The van der Waals surface area contributed by atoms with Crippen LogP contribution in [0.1, 0.15) is 25.3 Å². The highest BCUT2D eigenvalue weighted by atomic mass is 16.5. The number of nitrogens with zero attached hydrogens (tertiary/aromatic N) is 2. The minimum Gasteiger partial charge on any atom is -0.383 e. The minimum atomic E-state index is 0.426. The van der Waals surface area contributed by atoms with Crippen LogP contribution in [-0.4, -0.2) is 51.0 Å². The van der Waals surface area contributed by atoms with Gasteiger partial charge in [-0.25, -0.2) is 4.98 Å². The zero-order chi connectivity index (χ0) is 14.9. The number of ether oxygens (including phenoxy) is 2. The van der Waals surface area contributed by atoms with Crippen molar-refractivity contribution in [2.75, 3.05) is 44.9 Å². The van der Waals surface area contributed by atoms with E-state index in [4.69, 9.17) is 9.47 Å². The van der Waals surface area contributed by atoms with E-state index in [1.807, 2.05) is 6.20 Å². The van der Waals surface area contributed by atoms with E-state index in [0.29, 0.717) is 6.10 Å². The average molecular weight is 293 g/mol. The van der Waals surface area contributed by atoms with Crippen molar-refractivity contribution in [1.82, 2.24) is 10.3 Å². The summed E-state index contributed by atoms with van der Waals surface area (Å²) in [5.74, 6) is 1.07. The standard InChI is InChI=1S/C16H27N3O2/c1-3-21-15-6-9-19(10-7-15)16-5-4-14(13-18-16)12-17-8-11-20-2/h4-5,13,15,17H,3,6-12H2,1-2H3. The van der Waals surface area contributed by atoms with Gasteiger partial charge in [0, 0.05) is 46.1 Å². The highest BCUT2D eigenvalue weighted by Crippen LogP contribution is 2.19. The number of piperidine rings is 1. The van der Waals surface area contributed by atoms with E-state index >= 15 is 0 Å². The molecule has 1 aromatic rings. The molecule has 0 radical (unpaired) electrons. The highest BCUT2D eigenvalue weighted by Gasteiger charge is 2.19. The summed E-state index contributed by atoms with van der Waals surface area (Å²) in [4.78, 5) is 6.93. The molecule has 0 saturated carbocycles. The third-order valence-electron chi connectivity index (χ3n) is 3.79. The fourth-order valence-corrected chi connectivity index (χ4v) is 2.60. The number of hydrogen-bond donors (Lipinski definition) is 1. The summed E-state index contributed by atoms with van der Waals surface area (Å²) in [6.45, 7) is 7.37. The fourth-order valence-electron chi connectivity index (χ4n) is 2.60. The molecule has 5 heteroatoms. The van der Waals surface area contributed by atoms with E-state index in [0.717, 1.165) is 58.1 Å². The lowest BCUT2D eigenvalue weighted by molar-refractivity contribution is 0.0458. The van der Waals surface area contributed by atoms with Crippen LogP contribution < -0.4 is 10.2 Å². The zero-order valence-corrected chi connectivity index (χ0v) is 13.2. The van der Waals surface area contributed by atoms with Crippen LogP contribution in [0.5, 0.6) is 0 Å². The van der Waals surface area contributed by atoms with Crippen molar-refractivity contribution in [1.29, 1.82) is 0 Å². The minimum absolute atomic E-state index is 0.426. The smallest absolute Gasteiger partial charge is 0.128 e. The molecular weight excluding hydrogens is 266 g/mol. The summed E-state index contributed by atoms with van der Waals surface area (Å²) in [6, 6.07) is 4.27. The van der Waals surface area contributed by atoms with Crippen LogP contribution in [0, 0.1) is 0 Å². The molecule has 2 heterocycles. The summed E-state index contributed by atoms with van der Waals surface area (Å²) in [5.41, 5.74) is 1.21. The average Bonchev–Trinajstić information content (AvgIpc) is 2.53. The Kier molecular flexibility index (Phi) is 6.92. The fraction of sp³-hybridized carbons (Fsp3) is 0.688. The van der Waals surface area contributed by atoms with Gasteiger partial charge < -0.3 is 19.7 Å². The molecule has 1 aromatic heterocycles. The van der Waals surface area contributed by atoms with Gasteiger partial charge >= 0.3 is 0 Å². The molecule has 0 amide bonds. The van der Waals surface area contributed by atoms with Gasteiger partial charge in [0.1, 0.15) is 5.82 Å². The molecule has 5 nitrogen and oxygen atoms in total. The second-order valence-corrected chi connectivity index (χ2v) is 5.34. The number of pyridine rings is 1. The van der Waals surface area contributed by atoms with Gasteiger partial charge in [0.15, 0.2) is 0 Å². The summed E-state index contributed by atoms with van der Waals surface area (Å²) < 4.78 is 10.7. The Labute approximate surface area is 127 Å². The number of hydrogen-bond acceptors (Lipinski definition) is 5. The second-order valence-electron chi connectivity index (χ2n) is 5.34. The van der Waals surface area contributed by atoms with Crippen LogP contribution in [0.25, 0.3) is 0 Å². The summed E-state index contributed by atoms with van der Waals surface area (Å²) in [5, 5.41) is 3.33.